The highest BCUT2D eigenvalue weighted by atomic mass is 15.3. The van der Waals surface area contributed by atoms with Gasteiger partial charge in [0.2, 0.25) is 0 Å². The number of rotatable bonds is 6. The highest BCUT2D eigenvalue weighted by molar-refractivity contribution is 5.11. The van der Waals surface area contributed by atoms with E-state index in [-0.39, 0.29) is 0 Å². The second kappa shape index (κ2) is 6.43. The molecule has 1 unspecified atom stereocenters. The van der Waals surface area contributed by atoms with E-state index in [0.29, 0.717) is 12.1 Å². The third-order valence-corrected chi connectivity index (χ3v) is 3.18. The number of nitrogens with zero attached hydrogens (tertiary/aromatic N) is 4. The summed E-state index contributed by atoms with van der Waals surface area (Å²) in [6.45, 7) is 4.24. The minimum Gasteiger partial charge on any atom is -0.316 e. The summed E-state index contributed by atoms with van der Waals surface area (Å²) in [5.74, 6) is 1.03. The zero-order valence-electron chi connectivity index (χ0n) is 11.7. The average Bonchev–Trinajstić information content (AvgIpc) is 2.87. The van der Waals surface area contributed by atoms with E-state index in [9.17, 15) is 0 Å². The van der Waals surface area contributed by atoms with E-state index in [0.717, 1.165) is 18.7 Å². The lowest BCUT2D eigenvalue weighted by Crippen LogP contribution is -2.31. The van der Waals surface area contributed by atoms with Gasteiger partial charge in [-0.2, -0.15) is 5.10 Å². The van der Waals surface area contributed by atoms with Crippen molar-refractivity contribution in [2.45, 2.75) is 38.8 Å². The number of likely N-dealkylation sites (N-methyl/N-ethyl adjacent to an activating group) is 1. The minimum atomic E-state index is 0.339. The third kappa shape index (κ3) is 3.61. The van der Waals surface area contributed by atoms with E-state index < -0.39 is 0 Å². The Morgan fingerprint density at radius 1 is 1.32 bits per heavy atom. The maximum atomic E-state index is 4.36. The van der Waals surface area contributed by atoms with Crippen LogP contribution >= 0.6 is 0 Å². The van der Waals surface area contributed by atoms with Gasteiger partial charge in [0.25, 0.3) is 0 Å². The van der Waals surface area contributed by atoms with Gasteiger partial charge in [0.1, 0.15) is 12.2 Å². The van der Waals surface area contributed by atoms with E-state index in [1.165, 1.54) is 5.56 Å². The number of nitrogens with one attached hydrogen (secondary N) is 1. The molecule has 2 heterocycles. The maximum Gasteiger partial charge on any atom is 0.138 e. The van der Waals surface area contributed by atoms with E-state index in [1.807, 2.05) is 24.0 Å². The molecule has 0 saturated heterocycles. The molecule has 1 N–H and O–H groups in total. The monoisotopic (exact) mass is 259 g/mol. The highest BCUT2D eigenvalue weighted by Crippen LogP contribution is 2.10. The van der Waals surface area contributed by atoms with Crippen LogP contribution in [0.1, 0.15) is 31.3 Å². The molecule has 0 aromatic carbocycles. The highest BCUT2D eigenvalue weighted by Gasteiger charge is 2.14. The largest absolute Gasteiger partial charge is 0.316 e. The Bertz CT molecular complexity index is 492. The Morgan fingerprint density at radius 2 is 2.16 bits per heavy atom. The molecule has 0 saturated carbocycles. The van der Waals surface area contributed by atoms with Gasteiger partial charge in [-0.05, 0) is 38.9 Å². The quantitative estimate of drug-likeness (QED) is 0.856. The van der Waals surface area contributed by atoms with Gasteiger partial charge >= 0.3 is 0 Å². The molecule has 2 aromatic heterocycles. The summed E-state index contributed by atoms with van der Waals surface area (Å²) in [7, 11) is 1.98. The van der Waals surface area contributed by atoms with Crippen LogP contribution < -0.4 is 5.32 Å². The summed E-state index contributed by atoms with van der Waals surface area (Å²) in [5.41, 5.74) is 1.23. The van der Waals surface area contributed by atoms with Crippen molar-refractivity contribution in [2.75, 3.05) is 7.05 Å². The summed E-state index contributed by atoms with van der Waals surface area (Å²) in [6, 6.07) is 4.75. The van der Waals surface area contributed by atoms with Crippen molar-refractivity contribution in [3.63, 3.8) is 0 Å². The number of hydrogen-bond acceptors (Lipinski definition) is 4. The number of aromatic nitrogens is 4. The van der Waals surface area contributed by atoms with Crippen LogP contribution in [0.5, 0.6) is 0 Å². The molecule has 2 aromatic rings. The molecule has 19 heavy (non-hydrogen) atoms. The van der Waals surface area contributed by atoms with Crippen molar-refractivity contribution in [1.82, 2.24) is 25.1 Å². The van der Waals surface area contributed by atoms with Crippen LogP contribution in [0.25, 0.3) is 0 Å². The van der Waals surface area contributed by atoms with Gasteiger partial charge in [0.15, 0.2) is 0 Å². The summed E-state index contributed by atoms with van der Waals surface area (Å²) >= 11 is 0. The van der Waals surface area contributed by atoms with Crippen LogP contribution in [0.3, 0.4) is 0 Å². The lowest BCUT2D eigenvalue weighted by Gasteiger charge is -2.17. The molecular formula is C14H21N5. The molecule has 0 spiro atoms. The maximum absolute atomic E-state index is 4.36. The number of hydrogen-bond donors (Lipinski definition) is 1. The second-order valence-electron chi connectivity index (χ2n) is 4.97. The van der Waals surface area contributed by atoms with Crippen LogP contribution in [-0.4, -0.2) is 32.8 Å². The van der Waals surface area contributed by atoms with E-state index >= 15 is 0 Å². The van der Waals surface area contributed by atoms with Gasteiger partial charge in [0, 0.05) is 30.9 Å². The topological polar surface area (TPSA) is 55.6 Å². The molecule has 0 amide bonds. The lowest BCUT2D eigenvalue weighted by atomic mass is 10.0. The average molecular weight is 259 g/mol. The molecule has 5 nitrogen and oxygen atoms in total. The van der Waals surface area contributed by atoms with Gasteiger partial charge in [-0.15, -0.1) is 0 Å². The predicted octanol–water partition coefficient (Wildman–Crippen LogP) is 1.63. The minimum absolute atomic E-state index is 0.339. The van der Waals surface area contributed by atoms with Crippen LogP contribution in [0.2, 0.25) is 0 Å². The van der Waals surface area contributed by atoms with Crippen molar-refractivity contribution < 1.29 is 0 Å². The van der Waals surface area contributed by atoms with Crippen LogP contribution in [-0.2, 0) is 12.8 Å². The second-order valence-corrected chi connectivity index (χ2v) is 4.97. The van der Waals surface area contributed by atoms with Gasteiger partial charge in [-0.3, -0.25) is 4.98 Å². The Labute approximate surface area is 114 Å². The molecule has 2 rings (SSSR count). The van der Waals surface area contributed by atoms with Crippen molar-refractivity contribution in [3.8, 4) is 0 Å². The van der Waals surface area contributed by atoms with E-state index in [1.54, 1.807) is 12.5 Å². The van der Waals surface area contributed by atoms with Gasteiger partial charge in [-0.1, -0.05) is 6.07 Å². The fraction of sp³-hybridized carbons (Fsp3) is 0.500. The van der Waals surface area contributed by atoms with Gasteiger partial charge in [-0.25, -0.2) is 9.67 Å². The fourth-order valence-corrected chi connectivity index (χ4v) is 2.15. The molecule has 5 heteroatoms. The first-order chi connectivity index (χ1) is 9.20. The molecule has 0 aliphatic heterocycles. The molecule has 0 bridgehead atoms. The first-order valence-electron chi connectivity index (χ1n) is 6.65. The Balaban J connectivity index is 2.05. The van der Waals surface area contributed by atoms with E-state index in [2.05, 4.69) is 40.3 Å². The van der Waals surface area contributed by atoms with Crippen LogP contribution in [0.4, 0.5) is 0 Å². The van der Waals surface area contributed by atoms with Crippen LogP contribution in [0.15, 0.2) is 30.9 Å². The molecular weight excluding hydrogens is 238 g/mol. The van der Waals surface area contributed by atoms with Gasteiger partial charge in [0.05, 0.1) is 0 Å². The third-order valence-electron chi connectivity index (χ3n) is 3.18. The molecule has 0 fully saturated rings. The summed E-state index contributed by atoms with van der Waals surface area (Å²) < 4.78 is 1.98. The molecule has 1 atom stereocenters. The normalized spacial score (nSPS) is 12.8. The predicted molar refractivity (Wildman–Crippen MR) is 74.9 cm³/mol. The van der Waals surface area contributed by atoms with Crippen molar-refractivity contribution in [3.05, 3.63) is 42.2 Å². The van der Waals surface area contributed by atoms with Gasteiger partial charge < -0.3 is 5.32 Å². The van der Waals surface area contributed by atoms with Crippen molar-refractivity contribution in [2.24, 2.45) is 0 Å². The fourth-order valence-electron chi connectivity index (χ4n) is 2.15. The zero-order chi connectivity index (χ0) is 13.7. The first kappa shape index (κ1) is 13.7. The SMILES string of the molecule is CNC(Cc1cccnc1)Cc1ncnn1C(C)C. The van der Waals surface area contributed by atoms with Crippen molar-refractivity contribution in [1.29, 1.82) is 0 Å². The number of pyridine rings is 1. The summed E-state index contributed by atoms with van der Waals surface area (Å²) in [4.78, 5) is 8.52. The smallest absolute Gasteiger partial charge is 0.138 e. The van der Waals surface area contributed by atoms with Crippen molar-refractivity contribution >= 4 is 0 Å². The molecule has 0 aliphatic carbocycles. The molecule has 0 radical (unpaired) electrons. The first-order valence-corrected chi connectivity index (χ1v) is 6.65. The Hall–Kier alpha value is -1.75. The van der Waals surface area contributed by atoms with Crippen LogP contribution in [0, 0.1) is 0 Å². The summed E-state index contributed by atoms with van der Waals surface area (Å²) in [6.07, 6.45) is 7.15. The zero-order valence-corrected chi connectivity index (χ0v) is 11.7. The lowest BCUT2D eigenvalue weighted by molar-refractivity contribution is 0.470. The molecule has 0 aliphatic rings. The Morgan fingerprint density at radius 3 is 2.79 bits per heavy atom. The standard InChI is InChI=1S/C14H21N5/c1-11(2)19-14(17-10-18-19)8-13(15-3)7-12-5-4-6-16-9-12/h4-6,9-11,13,15H,7-8H2,1-3H3. The Kier molecular flexibility index (Phi) is 4.63. The molecule has 102 valence electrons. The van der Waals surface area contributed by atoms with E-state index in [4.69, 9.17) is 0 Å². The summed E-state index contributed by atoms with van der Waals surface area (Å²) in [5, 5.41) is 7.62.